The van der Waals surface area contributed by atoms with Gasteiger partial charge in [-0.2, -0.15) is 5.10 Å². The highest BCUT2D eigenvalue weighted by Gasteiger charge is 2.28. The van der Waals surface area contributed by atoms with Crippen LogP contribution in [0.3, 0.4) is 0 Å². The molecule has 8 heteroatoms. The second-order valence-electron chi connectivity index (χ2n) is 8.29. The average Bonchev–Trinajstić information content (AvgIpc) is 3.57. The van der Waals surface area contributed by atoms with E-state index in [1.54, 1.807) is 12.1 Å². The van der Waals surface area contributed by atoms with Crippen LogP contribution in [0.2, 0.25) is 0 Å². The first-order chi connectivity index (χ1) is 15.9. The molecule has 0 radical (unpaired) electrons. The number of para-hydroxylation sites is 1. The third-order valence-electron chi connectivity index (χ3n) is 6.03. The molecule has 4 aromatic rings. The van der Waals surface area contributed by atoms with Gasteiger partial charge in [0.15, 0.2) is 18.1 Å². The van der Waals surface area contributed by atoms with E-state index < -0.39 is 5.97 Å². The first-order valence-electron chi connectivity index (χ1n) is 10.9. The Balaban J connectivity index is 1.35. The number of ketones is 1. The van der Waals surface area contributed by atoms with Crippen LogP contribution in [0.4, 0.5) is 0 Å². The lowest BCUT2D eigenvalue weighted by Gasteiger charge is -2.06. The van der Waals surface area contributed by atoms with Crippen LogP contribution in [0.15, 0.2) is 47.0 Å². The molecule has 0 N–H and O–H groups in total. The van der Waals surface area contributed by atoms with Gasteiger partial charge in [-0.15, -0.1) is 0 Å². The van der Waals surface area contributed by atoms with Crippen LogP contribution in [0.5, 0.6) is 0 Å². The summed E-state index contributed by atoms with van der Waals surface area (Å²) < 4.78 is 14.2. The summed E-state index contributed by atoms with van der Waals surface area (Å²) in [6.07, 6.45) is 2.60. The largest absolute Gasteiger partial charge is 0.453 e. The Bertz CT molecular complexity index is 1360. The van der Waals surface area contributed by atoms with Crippen molar-refractivity contribution in [2.75, 3.05) is 6.61 Å². The number of carbonyl (C=O) groups is 2. The molecule has 0 fully saturated rings. The smallest absolute Gasteiger partial charge is 0.359 e. The fourth-order valence-electron chi connectivity index (χ4n) is 4.52. The van der Waals surface area contributed by atoms with Gasteiger partial charge < -0.3 is 9.26 Å². The number of esters is 1. The van der Waals surface area contributed by atoms with Crippen molar-refractivity contribution in [3.63, 3.8) is 0 Å². The Morgan fingerprint density at radius 1 is 1.09 bits per heavy atom. The number of aryl methyl sites for hydroxylation is 2. The van der Waals surface area contributed by atoms with Crippen LogP contribution in [0.1, 0.15) is 55.7 Å². The quantitative estimate of drug-likeness (QED) is 0.328. The number of benzene rings is 1. The lowest BCUT2D eigenvalue weighted by Crippen LogP contribution is -2.16. The van der Waals surface area contributed by atoms with Crippen molar-refractivity contribution in [2.45, 2.75) is 40.0 Å². The van der Waals surface area contributed by atoms with E-state index in [0.717, 1.165) is 47.6 Å². The summed E-state index contributed by atoms with van der Waals surface area (Å²) in [6, 6.07) is 13.3. The number of rotatable bonds is 6. The number of Topliss-reactive ketones (excluding diaryl/α,β-unsaturated/α-hetero) is 1. The molecular formula is C25H24N4O4. The van der Waals surface area contributed by atoms with Crippen LogP contribution in [0.25, 0.3) is 11.5 Å². The number of fused-ring (bicyclic) bond motifs is 1. The molecule has 8 nitrogen and oxygen atoms in total. The molecule has 0 amide bonds. The Hall–Kier alpha value is -3.94. The SMILES string of the molecule is Cc1cc(-n2c(C)cc(C(=O)COC(=O)c3nn(-c4ccccc4)c4c3CCC4)c2C)no1. The number of nitrogens with zero attached hydrogens (tertiary/aromatic N) is 4. The summed E-state index contributed by atoms with van der Waals surface area (Å²) in [6.45, 7) is 5.18. The van der Waals surface area contributed by atoms with Crippen molar-refractivity contribution in [1.82, 2.24) is 19.5 Å². The highest BCUT2D eigenvalue weighted by Crippen LogP contribution is 2.28. The molecule has 1 aromatic carbocycles. The molecule has 0 unspecified atom stereocenters. The average molecular weight is 444 g/mol. The Morgan fingerprint density at radius 2 is 1.88 bits per heavy atom. The van der Waals surface area contributed by atoms with Crippen molar-refractivity contribution in [1.29, 1.82) is 0 Å². The van der Waals surface area contributed by atoms with Crippen LogP contribution < -0.4 is 0 Å². The fraction of sp³-hybridized carbons (Fsp3) is 0.280. The molecule has 0 atom stereocenters. The number of aromatic nitrogens is 4. The summed E-state index contributed by atoms with van der Waals surface area (Å²) in [7, 11) is 0. The summed E-state index contributed by atoms with van der Waals surface area (Å²) in [5.41, 5.74) is 5.19. The van der Waals surface area contributed by atoms with E-state index in [4.69, 9.17) is 9.26 Å². The van der Waals surface area contributed by atoms with Gasteiger partial charge in [0.25, 0.3) is 0 Å². The number of carbonyl (C=O) groups excluding carboxylic acids is 2. The summed E-state index contributed by atoms with van der Waals surface area (Å²) in [5, 5.41) is 8.57. The molecule has 0 bridgehead atoms. The van der Waals surface area contributed by atoms with Gasteiger partial charge in [0.2, 0.25) is 5.78 Å². The second kappa shape index (κ2) is 8.20. The van der Waals surface area contributed by atoms with Crippen molar-refractivity contribution in [3.8, 4) is 11.5 Å². The molecule has 1 aliphatic rings. The maximum Gasteiger partial charge on any atom is 0.359 e. The fourth-order valence-corrected chi connectivity index (χ4v) is 4.52. The van der Waals surface area contributed by atoms with Crippen molar-refractivity contribution >= 4 is 11.8 Å². The van der Waals surface area contributed by atoms with Crippen molar-refractivity contribution in [2.24, 2.45) is 0 Å². The third-order valence-corrected chi connectivity index (χ3v) is 6.03. The zero-order valence-electron chi connectivity index (χ0n) is 18.8. The van der Waals surface area contributed by atoms with E-state index >= 15 is 0 Å². The number of hydrogen-bond acceptors (Lipinski definition) is 6. The van der Waals surface area contributed by atoms with Gasteiger partial charge in [-0.05, 0) is 58.2 Å². The van der Waals surface area contributed by atoms with Crippen LogP contribution in [-0.2, 0) is 17.6 Å². The van der Waals surface area contributed by atoms with E-state index in [1.807, 2.05) is 60.4 Å². The predicted octanol–water partition coefficient (Wildman–Crippen LogP) is 4.10. The molecule has 0 aliphatic heterocycles. The predicted molar refractivity (Wildman–Crippen MR) is 120 cm³/mol. The van der Waals surface area contributed by atoms with E-state index in [2.05, 4.69) is 10.3 Å². The zero-order chi connectivity index (χ0) is 23.1. The molecule has 168 valence electrons. The summed E-state index contributed by atoms with van der Waals surface area (Å²) in [4.78, 5) is 25.8. The normalized spacial score (nSPS) is 12.7. The molecule has 3 aromatic heterocycles. The summed E-state index contributed by atoms with van der Waals surface area (Å²) >= 11 is 0. The molecule has 3 heterocycles. The van der Waals surface area contributed by atoms with E-state index in [1.165, 1.54) is 0 Å². The minimum atomic E-state index is -0.572. The van der Waals surface area contributed by atoms with Gasteiger partial charge in [0.05, 0.1) is 5.69 Å². The maximum atomic E-state index is 12.9. The lowest BCUT2D eigenvalue weighted by atomic mass is 10.1. The zero-order valence-corrected chi connectivity index (χ0v) is 18.8. The van der Waals surface area contributed by atoms with Crippen LogP contribution in [-0.4, -0.2) is 37.9 Å². The monoisotopic (exact) mass is 444 g/mol. The molecule has 0 spiro atoms. The Labute approximate surface area is 190 Å². The minimum absolute atomic E-state index is 0.276. The van der Waals surface area contributed by atoms with Gasteiger partial charge in [0, 0.05) is 34.3 Å². The molecule has 33 heavy (non-hydrogen) atoms. The van der Waals surface area contributed by atoms with Gasteiger partial charge in [-0.25, -0.2) is 9.48 Å². The van der Waals surface area contributed by atoms with Gasteiger partial charge in [-0.1, -0.05) is 23.4 Å². The molecule has 0 saturated carbocycles. The standard InChI is InChI=1S/C25H24N4O4/c1-15-12-20(17(3)28(15)23-13-16(2)33-27-23)22(30)14-32-25(31)24-19-10-7-11-21(19)29(26-24)18-8-5-4-6-9-18/h4-6,8-9,12-13H,7,10-11,14H2,1-3H3. The summed E-state index contributed by atoms with van der Waals surface area (Å²) in [5.74, 6) is 0.446. The van der Waals surface area contributed by atoms with Crippen LogP contribution >= 0.6 is 0 Å². The number of ether oxygens (including phenoxy) is 1. The van der Waals surface area contributed by atoms with E-state index in [9.17, 15) is 9.59 Å². The number of hydrogen-bond donors (Lipinski definition) is 0. The molecule has 1 aliphatic carbocycles. The first kappa shape index (κ1) is 20.9. The maximum absolute atomic E-state index is 12.9. The van der Waals surface area contributed by atoms with Gasteiger partial charge in [0.1, 0.15) is 5.76 Å². The molecular weight excluding hydrogens is 420 g/mol. The van der Waals surface area contributed by atoms with E-state index in [-0.39, 0.29) is 12.4 Å². The topological polar surface area (TPSA) is 92.2 Å². The third kappa shape index (κ3) is 3.67. The van der Waals surface area contributed by atoms with E-state index in [0.29, 0.717) is 22.8 Å². The Morgan fingerprint density at radius 3 is 2.61 bits per heavy atom. The lowest BCUT2D eigenvalue weighted by molar-refractivity contribution is 0.0467. The first-order valence-corrected chi connectivity index (χ1v) is 10.9. The molecule has 5 rings (SSSR count). The minimum Gasteiger partial charge on any atom is -0.453 e. The Kier molecular flexibility index (Phi) is 5.20. The van der Waals surface area contributed by atoms with Crippen LogP contribution in [0, 0.1) is 20.8 Å². The molecule has 0 saturated heterocycles. The van der Waals surface area contributed by atoms with Gasteiger partial charge in [-0.3, -0.25) is 9.36 Å². The second-order valence-corrected chi connectivity index (χ2v) is 8.29. The highest BCUT2D eigenvalue weighted by atomic mass is 16.5. The highest BCUT2D eigenvalue weighted by molar-refractivity contribution is 6.00. The van der Waals surface area contributed by atoms with Crippen molar-refractivity contribution < 1.29 is 18.8 Å². The van der Waals surface area contributed by atoms with Gasteiger partial charge >= 0.3 is 5.97 Å². The van der Waals surface area contributed by atoms with Crippen molar-refractivity contribution in [3.05, 3.63) is 82.1 Å².